The highest BCUT2D eigenvalue weighted by Gasteiger charge is 2.42. The van der Waals surface area contributed by atoms with Crippen LogP contribution in [0.25, 0.3) is 0 Å². The van der Waals surface area contributed by atoms with Crippen LogP contribution in [0.2, 0.25) is 0 Å². The normalized spacial score (nSPS) is 13.8. The van der Waals surface area contributed by atoms with E-state index >= 15 is 0 Å². The van der Waals surface area contributed by atoms with Gasteiger partial charge in [-0.1, -0.05) is 39.7 Å². The number of benzene rings is 1. The molecular formula is C18H27O4P. The molecule has 0 aliphatic rings. The fraction of sp³-hybridized carbons (Fsp3) is 0.611. The van der Waals surface area contributed by atoms with E-state index in [1.807, 2.05) is 13.8 Å². The van der Waals surface area contributed by atoms with Crippen molar-refractivity contribution in [3.05, 3.63) is 23.8 Å². The Morgan fingerprint density at radius 3 is 2.17 bits per heavy atom. The Labute approximate surface area is 140 Å². The van der Waals surface area contributed by atoms with Crippen LogP contribution >= 0.6 is 8.46 Å². The summed E-state index contributed by atoms with van der Waals surface area (Å²) in [6, 6.07) is 5.24. The van der Waals surface area contributed by atoms with Crippen molar-refractivity contribution in [3.8, 4) is 11.5 Å². The number of hydrogen-bond acceptors (Lipinski definition) is 4. The molecular weight excluding hydrogens is 311 g/mol. The highest BCUT2D eigenvalue weighted by Crippen LogP contribution is 2.43. The van der Waals surface area contributed by atoms with Crippen LogP contribution in [-0.2, 0) is 4.57 Å². The summed E-state index contributed by atoms with van der Waals surface area (Å²) in [4.78, 5) is 13.3. The SMILES string of the molecule is CCCCC(CC(C)C)(P=O)C(=O)c1c(OC)cccc1OC. The first-order valence-corrected chi connectivity index (χ1v) is 8.87. The molecule has 0 spiro atoms. The number of ether oxygens (including phenoxy) is 2. The monoisotopic (exact) mass is 338 g/mol. The lowest BCUT2D eigenvalue weighted by Gasteiger charge is -2.28. The van der Waals surface area contributed by atoms with Crippen LogP contribution in [0.1, 0.15) is 56.8 Å². The van der Waals surface area contributed by atoms with Gasteiger partial charge in [-0.25, -0.2) is 0 Å². The maximum Gasteiger partial charge on any atom is 0.187 e. The molecule has 0 saturated heterocycles. The highest BCUT2D eigenvalue weighted by molar-refractivity contribution is 7.28. The number of rotatable bonds is 10. The zero-order valence-electron chi connectivity index (χ0n) is 14.7. The van der Waals surface area contributed by atoms with E-state index in [9.17, 15) is 9.36 Å². The number of Topliss-reactive ketones (excluding diaryl/α,β-unsaturated/α-hetero) is 1. The molecule has 0 heterocycles. The maximum atomic E-state index is 13.3. The zero-order chi connectivity index (χ0) is 17.5. The van der Waals surface area contributed by atoms with Crippen molar-refractivity contribution in [1.82, 2.24) is 0 Å². The summed E-state index contributed by atoms with van der Waals surface area (Å²) < 4.78 is 22.8. The number of carbonyl (C=O) groups excluding carboxylic acids is 1. The van der Waals surface area contributed by atoms with Gasteiger partial charge < -0.3 is 9.47 Å². The van der Waals surface area contributed by atoms with Crippen LogP contribution in [0.4, 0.5) is 0 Å². The molecule has 0 radical (unpaired) electrons. The van der Waals surface area contributed by atoms with Gasteiger partial charge in [0.05, 0.1) is 14.2 Å². The summed E-state index contributed by atoms with van der Waals surface area (Å²) in [6.07, 6.45) is 2.96. The van der Waals surface area contributed by atoms with E-state index in [4.69, 9.17) is 9.47 Å². The highest BCUT2D eigenvalue weighted by atomic mass is 31.1. The fourth-order valence-corrected chi connectivity index (χ4v) is 3.77. The van der Waals surface area contributed by atoms with Gasteiger partial charge in [-0.3, -0.25) is 9.36 Å². The third-order valence-corrected chi connectivity index (χ3v) is 4.90. The first kappa shape index (κ1) is 19.6. The number of ketones is 1. The molecule has 23 heavy (non-hydrogen) atoms. The van der Waals surface area contributed by atoms with Crippen molar-refractivity contribution < 1.29 is 18.8 Å². The van der Waals surface area contributed by atoms with E-state index in [1.165, 1.54) is 14.2 Å². The van der Waals surface area contributed by atoms with E-state index in [-0.39, 0.29) is 20.2 Å². The van der Waals surface area contributed by atoms with Gasteiger partial charge in [0.25, 0.3) is 0 Å². The summed E-state index contributed by atoms with van der Waals surface area (Å²) in [5, 5.41) is -0.925. The molecule has 1 unspecified atom stereocenters. The Bertz CT molecular complexity index is 520. The fourth-order valence-electron chi connectivity index (χ4n) is 2.88. The number of unbranched alkanes of at least 4 members (excludes halogenated alkanes) is 1. The van der Waals surface area contributed by atoms with Crippen LogP contribution in [0.5, 0.6) is 11.5 Å². The van der Waals surface area contributed by atoms with Gasteiger partial charge in [0, 0.05) is 0 Å². The van der Waals surface area contributed by atoms with Gasteiger partial charge in [-0.15, -0.1) is 0 Å². The molecule has 0 fully saturated rings. The molecule has 1 rings (SSSR count). The summed E-state index contributed by atoms with van der Waals surface area (Å²) in [5.74, 6) is 1.02. The summed E-state index contributed by atoms with van der Waals surface area (Å²) in [6.45, 7) is 6.15. The third-order valence-electron chi connectivity index (χ3n) is 3.94. The summed E-state index contributed by atoms with van der Waals surface area (Å²) in [5.41, 5.74) is 0.387. The first-order valence-electron chi connectivity index (χ1n) is 8.06. The lowest BCUT2D eigenvalue weighted by atomic mass is 9.84. The minimum Gasteiger partial charge on any atom is -0.496 e. The molecule has 0 aliphatic carbocycles. The van der Waals surface area contributed by atoms with Crippen LogP contribution in [0.15, 0.2) is 18.2 Å². The van der Waals surface area contributed by atoms with Gasteiger partial charge in [0.15, 0.2) is 14.2 Å². The molecule has 0 saturated carbocycles. The molecule has 5 heteroatoms. The Hall–Kier alpha value is -1.41. The van der Waals surface area contributed by atoms with Crippen molar-refractivity contribution >= 4 is 14.2 Å². The average Bonchev–Trinajstić information content (AvgIpc) is 2.56. The Morgan fingerprint density at radius 1 is 1.22 bits per heavy atom. The van der Waals surface area contributed by atoms with Gasteiger partial charge in [0.2, 0.25) is 0 Å². The lowest BCUT2D eigenvalue weighted by Crippen LogP contribution is -2.35. The molecule has 0 aliphatic heterocycles. The molecule has 0 N–H and O–H groups in total. The Morgan fingerprint density at radius 2 is 1.78 bits per heavy atom. The van der Waals surface area contributed by atoms with Crippen LogP contribution < -0.4 is 9.47 Å². The van der Waals surface area contributed by atoms with Gasteiger partial charge in [0.1, 0.15) is 22.2 Å². The van der Waals surface area contributed by atoms with Crippen molar-refractivity contribution in [2.45, 2.75) is 51.6 Å². The van der Waals surface area contributed by atoms with E-state index in [0.29, 0.717) is 29.9 Å². The minimum absolute atomic E-state index is 0.136. The van der Waals surface area contributed by atoms with Gasteiger partial charge >= 0.3 is 0 Å². The maximum absolute atomic E-state index is 13.3. The van der Waals surface area contributed by atoms with Crippen LogP contribution in [0, 0.1) is 5.92 Å². The summed E-state index contributed by atoms with van der Waals surface area (Å²) >= 11 is 0. The second-order valence-corrected chi connectivity index (χ2v) is 7.23. The predicted octanol–water partition coefficient (Wildman–Crippen LogP) is 5.15. The average molecular weight is 338 g/mol. The molecule has 0 amide bonds. The zero-order valence-corrected chi connectivity index (χ0v) is 15.6. The van der Waals surface area contributed by atoms with E-state index in [0.717, 1.165) is 12.8 Å². The van der Waals surface area contributed by atoms with Gasteiger partial charge in [-0.2, -0.15) is 0 Å². The van der Waals surface area contributed by atoms with Crippen molar-refractivity contribution in [2.75, 3.05) is 14.2 Å². The molecule has 0 aromatic heterocycles. The summed E-state index contributed by atoms with van der Waals surface area (Å²) in [7, 11) is 2.91. The quantitative estimate of drug-likeness (QED) is 0.437. The number of hydrogen-bond donors (Lipinski definition) is 0. The molecule has 128 valence electrons. The van der Waals surface area contributed by atoms with Crippen LogP contribution in [0.3, 0.4) is 0 Å². The molecule has 0 bridgehead atoms. The largest absolute Gasteiger partial charge is 0.496 e. The van der Waals surface area contributed by atoms with Crippen LogP contribution in [-0.4, -0.2) is 25.2 Å². The number of methoxy groups -OCH3 is 2. The second kappa shape index (κ2) is 9.02. The van der Waals surface area contributed by atoms with Crippen molar-refractivity contribution in [1.29, 1.82) is 0 Å². The smallest absolute Gasteiger partial charge is 0.187 e. The van der Waals surface area contributed by atoms with Gasteiger partial charge in [-0.05, 0) is 30.9 Å². The topological polar surface area (TPSA) is 52.6 Å². The van der Waals surface area contributed by atoms with Crippen molar-refractivity contribution in [3.63, 3.8) is 0 Å². The standard InChI is InChI=1S/C18H27O4P/c1-6-7-11-18(23-20,12-13(2)3)17(19)16-14(21-4)9-8-10-15(16)22-5/h8-10,13H,6-7,11-12H2,1-5H3. The van der Waals surface area contributed by atoms with Crippen molar-refractivity contribution in [2.24, 2.45) is 5.92 Å². The number of carbonyl (C=O) groups is 1. The van der Waals surface area contributed by atoms with E-state index in [1.54, 1.807) is 18.2 Å². The van der Waals surface area contributed by atoms with E-state index in [2.05, 4.69) is 6.92 Å². The minimum atomic E-state index is -0.925. The lowest BCUT2D eigenvalue weighted by molar-refractivity contribution is 0.0912. The predicted molar refractivity (Wildman–Crippen MR) is 93.2 cm³/mol. The van der Waals surface area contributed by atoms with E-state index < -0.39 is 5.16 Å². The molecule has 1 aromatic rings. The third kappa shape index (κ3) is 4.54. The molecule has 1 atom stereocenters. The molecule has 1 aromatic carbocycles. The Kier molecular flexibility index (Phi) is 7.70. The Balaban J connectivity index is 3.42. The molecule has 4 nitrogen and oxygen atoms in total. The second-order valence-electron chi connectivity index (χ2n) is 6.19. The first-order chi connectivity index (χ1) is 11.0.